The molecule has 1 unspecified atom stereocenters. The summed E-state index contributed by atoms with van der Waals surface area (Å²) in [6.07, 6.45) is 6.15. The second-order valence-electron chi connectivity index (χ2n) is 7.95. The van der Waals surface area contributed by atoms with E-state index >= 15 is 0 Å². The number of nitrogens with one attached hydrogen (secondary N) is 1. The molecule has 2 aromatic rings. The summed E-state index contributed by atoms with van der Waals surface area (Å²) in [4.78, 5) is 13.0. The Balaban J connectivity index is 1.58. The number of benzene rings is 2. The number of halogens is 3. The fraction of sp³-hybridized carbons (Fsp3) is 0.391. The number of rotatable bonds is 4. The molecule has 1 N–H and O–H groups in total. The molecule has 1 atom stereocenters. The fourth-order valence-corrected chi connectivity index (χ4v) is 4.54. The molecule has 1 amide bonds. The minimum atomic E-state index is -0.311. The van der Waals surface area contributed by atoms with Gasteiger partial charge in [0.25, 0.3) is 5.91 Å². The highest BCUT2D eigenvalue weighted by Crippen LogP contribution is 2.39. The molecule has 0 aromatic heterocycles. The monoisotopic (exact) mass is 462 g/mol. The van der Waals surface area contributed by atoms with Crippen molar-refractivity contribution in [3.05, 3.63) is 63.9 Å². The van der Waals surface area contributed by atoms with Crippen molar-refractivity contribution >= 4 is 40.5 Å². The van der Waals surface area contributed by atoms with Gasteiger partial charge < -0.3 is 0 Å². The van der Waals surface area contributed by atoms with Gasteiger partial charge in [0.1, 0.15) is 11.5 Å². The zero-order valence-corrected chi connectivity index (χ0v) is 18.7. The van der Waals surface area contributed by atoms with Gasteiger partial charge in [-0.15, -0.1) is 0 Å². The third-order valence-electron chi connectivity index (χ3n) is 5.70. The molecule has 2 aromatic carbocycles. The van der Waals surface area contributed by atoms with Crippen LogP contribution in [-0.2, 0) is 4.79 Å². The van der Waals surface area contributed by atoms with Gasteiger partial charge in [-0.05, 0) is 48.7 Å². The Morgan fingerprint density at radius 1 is 1.00 bits per heavy atom. The number of carbonyl (C=O) groups excluding carboxylic acids is 1. The van der Waals surface area contributed by atoms with Crippen LogP contribution in [0.2, 0.25) is 10.0 Å². The van der Waals surface area contributed by atoms with Gasteiger partial charge in [0.2, 0.25) is 0 Å². The van der Waals surface area contributed by atoms with Crippen molar-refractivity contribution in [1.82, 2.24) is 10.4 Å². The number of hydrazine groups is 1. The molecule has 5 nitrogen and oxygen atoms in total. The highest BCUT2D eigenvalue weighted by atomic mass is 35.5. The van der Waals surface area contributed by atoms with Gasteiger partial charge in [0.15, 0.2) is 0 Å². The lowest BCUT2D eigenvalue weighted by Gasteiger charge is -2.25. The number of nitrogens with zero attached hydrogens (tertiary/aromatic N) is 3. The van der Waals surface area contributed by atoms with Gasteiger partial charge in [-0.3, -0.25) is 15.2 Å². The maximum atomic E-state index is 13.5. The molecule has 2 aliphatic heterocycles. The Hall–Kier alpha value is -2.15. The first-order valence-electron chi connectivity index (χ1n) is 10.6. The summed E-state index contributed by atoms with van der Waals surface area (Å²) in [7, 11) is 0. The quantitative estimate of drug-likeness (QED) is 0.630. The molecule has 31 heavy (non-hydrogen) atoms. The number of amides is 1. The van der Waals surface area contributed by atoms with E-state index in [1.807, 2.05) is 5.01 Å². The highest BCUT2D eigenvalue weighted by Gasteiger charge is 2.34. The molecule has 0 radical (unpaired) electrons. The Morgan fingerprint density at radius 2 is 1.68 bits per heavy atom. The molecule has 8 heteroatoms. The third kappa shape index (κ3) is 5.37. The molecule has 0 spiro atoms. The lowest BCUT2D eigenvalue weighted by molar-refractivity contribution is -0.119. The molecule has 1 saturated heterocycles. The van der Waals surface area contributed by atoms with Crippen LogP contribution in [0.4, 0.5) is 10.1 Å². The van der Waals surface area contributed by atoms with Crippen LogP contribution in [-0.4, -0.2) is 29.7 Å². The lowest BCUT2D eigenvalue weighted by atomic mass is 10.0. The van der Waals surface area contributed by atoms with Crippen LogP contribution in [0.15, 0.2) is 47.6 Å². The SMILES string of the molecule is O=C(NN1CCCCCCC1)C1=NN(c2ccc(Cl)cc2Cl)C(c2ccc(F)cc2)C1. The summed E-state index contributed by atoms with van der Waals surface area (Å²) in [5.41, 5.74) is 4.95. The first kappa shape index (κ1) is 22.1. The van der Waals surface area contributed by atoms with E-state index in [2.05, 4.69) is 10.5 Å². The van der Waals surface area contributed by atoms with Crippen molar-refractivity contribution in [1.29, 1.82) is 0 Å². The molecule has 4 rings (SSSR count). The maximum absolute atomic E-state index is 13.5. The minimum Gasteiger partial charge on any atom is -0.284 e. The average molecular weight is 463 g/mol. The predicted octanol–water partition coefficient (Wildman–Crippen LogP) is 5.74. The number of carbonyl (C=O) groups is 1. The Bertz CT molecular complexity index is 959. The summed E-state index contributed by atoms with van der Waals surface area (Å²) < 4.78 is 13.5. The third-order valence-corrected chi connectivity index (χ3v) is 6.24. The van der Waals surface area contributed by atoms with Gasteiger partial charge in [0.05, 0.1) is 16.8 Å². The van der Waals surface area contributed by atoms with Crippen LogP contribution in [0.1, 0.15) is 50.1 Å². The first-order valence-corrected chi connectivity index (χ1v) is 11.4. The average Bonchev–Trinajstić information content (AvgIpc) is 3.15. The summed E-state index contributed by atoms with van der Waals surface area (Å²) in [6, 6.07) is 11.1. The van der Waals surface area contributed by atoms with E-state index in [0.717, 1.165) is 31.5 Å². The van der Waals surface area contributed by atoms with Crippen LogP contribution in [0.5, 0.6) is 0 Å². The zero-order valence-electron chi connectivity index (χ0n) is 17.2. The number of hydrogen-bond donors (Lipinski definition) is 1. The van der Waals surface area contributed by atoms with Gasteiger partial charge in [0, 0.05) is 24.5 Å². The van der Waals surface area contributed by atoms with Crippen molar-refractivity contribution in [3.8, 4) is 0 Å². The van der Waals surface area contributed by atoms with Crippen molar-refractivity contribution in [2.45, 2.75) is 44.6 Å². The first-order chi connectivity index (χ1) is 15.0. The molecular formula is C23H25Cl2FN4O. The summed E-state index contributed by atoms with van der Waals surface area (Å²) in [6.45, 7) is 1.68. The largest absolute Gasteiger partial charge is 0.284 e. The maximum Gasteiger partial charge on any atom is 0.281 e. The molecule has 0 saturated carbocycles. The van der Waals surface area contributed by atoms with Crippen molar-refractivity contribution in [2.24, 2.45) is 5.10 Å². The van der Waals surface area contributed by atoms with Crippen LogP contribution in [0.3, 0.4) is 0 Å². The highest BCUT2D eigenvalue weighted by molar-refractivity contribution is 6.40. The van der Waals surface area contributed by atoms with Crippen molar-refractivity contribution in [2.75, 3.05) is 18.1 Å². The Labute approximate surface area is 191 Å². The van der Waals surface area contributed by atoms with Gasteiger partial charge in [-0.1, -0.05) is 54.6 Å². The second kappa shape index (κ2) is 9.98. The topological polar surface area (TPSA) is 47.9 Å². The van der Waals surface area contributed by atoms with Crippen LogP contribution in [0, 0.1) is 5.82 Å². The van der Waals surface area contributed by atoms with Crippen molar-refractivity contribution in [3.63, 3.8) is 0 Å². The van der Waals surface area contributed by atoms with Crippen LogP contribution >= 0.6 is 23.2 Å². The summed E-state index contributed by atoms with van der Waals surface area (Å²) in [5, 5.41) is 9.31. The van der Waals surface area contributed by atoms with E-state index in [9.17, 15) is 9.18 Å². The van der Waals surface area contributed by atoms with E-state index in [4.69, 9.17) is 23.2 Å². The summed E-state index contributed by atoms with van der Waals surface area (Å²) in [5.74, 6) is -0.519. The Morgan fingerprint density at radius 3 is 2.35 bits per heavy atom. The molecule has 0 aliphatic carbocycles. The van der Waals surface area contributed by atoms with E-state index in [-0.39, 0.29) is 17.8 Å². The standard InChI is InChI=1S/C23H25Cl2FN4O/c24-17-8-11-21(19(25)14-17)30-22(16-6-9-18(26)10-7-16)15-20(27-30)23(31)28-29-12-4-2-1-3-5-13-29/h6-11,14,22H,1-5,12-13,15H2,(H,28,31). The minimum absolute atomic E-state index is 0.208. The molecule has 2 heterocycles. The predicted molar refractivity (Wildman–Crippen MR) is 123 cm³/mol. The smallest absolute Gasteiger partial charge is 0.281 e. The zero-order chi connectivity index (χ0) is 21.8. The van der Waals surface area contributed by atoms with Gasteiger partial charge >= 0.3 is 0 Å². The van der Waals surface area contributed by atoms with E-state index < -0.39 is 0 Å². The molecule has 1 fully saturated rings. The number of hydrazone groups is 1. The second-order valence-corrected chi connectivity index (χ2v) is 8.80. The van der Waals surface area contributed by atoms with Crippen LogP contribution < -0.4 is 10.4 Å². The number of anilines is 1. The van der Waals surface area contributed by atoms with Crippen molar-refractivity contribution < 1.29 is 9.18 Å². The molecular weight excluding hydrogens is 438 g/mol. The molecule has 0 bridgehead atoms. The number of hydrogen-bond acceptors (Lipinski definition) is 4. The van der Waals surface area contributed by atoms with E-state index in [1.54, 1.807) is 35.3 Å². The summed E-state index contributed by atoms with van der Waals surface area (Å²) >= 11 is 12.5. The van der Waals surface area contributed by atoms with E-state index in [1.165, 1.54) is 31.4 Å². The van der Waals surface area contributed by atoms with Crippen LogP contribution in [0.25, 0.3) is 0 Å². The normalized spacial score (nSPS) is 20.2. The molecule has 164 valence electrons. The fourth-order valence-electron chi connectivity index (χ4n) is 4.05. The Kier molecular flexibility index (Phi) is 7.10. The van der Waals surface area contributed by atoms with E-state index in [0.29, 0.717) is 27.9 Å². The van der Waals surface area contributed by atoms with Gasteiger partial charge in [-0.25, -0.2) is 9.40 Å². The van der Waals surface area contributed by atoms with Gasteiger partial charge in [-0.2, -0.15) is 5.10 Å². The lowest BCUT2D eigenvalue weighted by Crippen LogP contribution is -2.46. The molecule has 2 aliphatic rings.